The van der Waals surface area contributed by atoms with Gasteiger partial charge < -0.3 is 9.84 Å². The molecule has 3 heteroatoms. The highest BCUT2D eigenvalue weighted by atomic mass is 16.6. The first kappa shape index (κ1) is 14.5. The lowest BCUT2D eigenvalue weighted by Gasteiger charge is -2.11. The van der Waals surface area contributed by atoms with E-state index < -0.39 is 12.3 Å². The van der Waals surface area contributed by atoms with Gasteiger partial charge in [0.15, 0.2) is 0 Å². The van der Waals surface area contributed by atoms with Gasteiger partial charge in [0, 0.05) is 6.42 Å². The number of rotatable bonds is 7. The van der Waals surface area contributed by atoms with Crippen LogP contribution < -0.4 is 0 Å². The van der Waals surface area contributed by atoms with Gasteiger partial charge in [0.25, 0.3) is 0 Å². The SMILES string of the molecule is CCC=CCCCC(O)OC(=O)c1ccccc1. The van der Waals surface area contributed by atoms with Gasteiger partial charge in [-0.25, -0.2) is 4.79 Å². The third-order valence-corrected chi connectivity index (χ3v) is 2.48. The standard InChI is InChI=1S/C15H20O3/c1-2-3-4-5-9-12-14(16)18-15(17)13-10-7-6-8-11-13/h3-4,6-8,10-11,14,16H,2,5,9,12H2,1H3. The molecule has 0 fully saturated rings. The van der Waals surface area contributed by atoms with Gasteiger partial charge in [-0.15, -0.1) is 0 Å². The zero-order valence-corrected chi connectivity index (χ0v) is 10.7. The van der Waals surface area contributed by atoms with Crippen LogP contribution in [0.1, 0.15) is 43.0 Å². The molecule has 0 aliphatic carbocycles. The maximum Gasteiger partial charge on any atom is 0.340 e. The Morgan fingerprint density at radius 2 is 2.06 bits per heavy atom. The molecule has 1 atom stereocenters. The molecule has 0 amide bonds. The fourth-order valence-electron chi connectivity index (χ4n) is 1.52. The van der Waals surface area contributed by atoms with Crippen LogP contribution in [0.3, 0.4) is 0 Å². The van der Waals surface area contributed by atoms with Crippen molar-refractivity contribution in [2.24, 2.45) is 0 Å². The molecule has 1 aromatic carbocycles. The molecule has 18 heavy (non-hydrogen) atoms. The minimum absolute atomic E-state index is 0.461. The van der Waals surface area contributed by atoms with Crippen molar-refractivity contribution in [2.45, 2.75) is 38.9 Å². The predicted octanol–water partition coefficient (Wildman–Crippen LogP) is 3.30. The summed E-state index contributed by atoms with van der Waals surface area (Å²) in [6, 6.07) is 8.68. The molecule has 0 aliphatic heterocycles. The number of aliphatic hydroxyl groups excluding tert-OH is 1. The normalized spacial score (nSPS) is 12.6. The number of hydrogen-bond acceptors (Lipinski definition) is 3. The first-order valence-corrected chi connectivity index (χ1v) is 6.33. The van der Waals surface area contributed by atoms with Gasteiger partial charge in [0.2, 0.25) is 6.29 Å². The van der Waals surface area contributed by atoms with Crippen molar-refractivity contribution in [3.8, 4) is 0 Å². The summed E-state index contributed by atoms with van der Waals surface area (Å²) in [4.78, 5) is 11.6. The van der Waals surface area contributed by atoms with Crippen LogP contribution in [0.2, 0.25) is 0 Å². The number of esters is 1. The first-order chi connectivity index (χ1) is 8.74. The zero-order chi connectivity index (χ0) is 13.2. The third-order valence-electron chi connectivity index (χ3n) is 2.48. The number of aliphatic hydroxyl groups is 1. The Labute approximate surface area is 108 Å². The molecule has 0 saturated heterocycles. The molecule has 0 aromatic heterocycles. The van der Waals surface area contributed by atoms with Crippen LogP contribution in [0, 0.1) is 0 Å². The van der Waals surface area contributed by atoms with Crippen molar-refractivity contribution < 1.29 is 14.6 Å². The highest BCUT2D eigenvalue weighted by molar-refractivity contribution is 5.89. The fourth-order valence-corrected chi connectivity index (χ4v) is 1.52. The Kier molecular flexibility index (Phi) is 6.81. The average Bonchev–Trinajstić information content (AvgIpc) is 2.39. The highest BCUT2D eigenvalue weighted by Gasteiger charge is 2.11. The molecule has 0 radical (unpaired) electrons. The summed E-state index contributed by atoms with van der Waals surface area (Å²) in [6.45, 7) is 2.08. The van der Waals surface area contributed by atoms with E-state index in [-0.39, 0.29) is 0 Å². The zero-order valence-electron chi connectivity index (χ0n) is 10.7. The molecule has 3 nitrogen and oxygen atoms in total. The number of allylic oxidation sites excluding steroid dienone is 2. The molecule has 1 aromatic rings. The third kappa shape index (κ3) is 5.64. The Bertz CT molecular complexity index is 371. The Morgan fingerprint density at radius 1 is 1.33 bits per heavy atom. The lowest BCUT2D eigenvalue weighted by Crippen LogP contribution is -2.17. The van der Waals surface area contributed by atoms with E-state index in [0.29, 0.717) is 12.0 Å². The number of unbranched alkanes of at least 4 members (excludes halogenated alkanes) is 1. The van der Waals surface area contributed by atoms with E-state index in [2.05, 4.69) is 19.1 Å². The Hall–Kier alpha value is -1.61. The second-order valence-electron chi connectivity index (χ2n) is 4.04. The van der Waals surface area contributed by atoms with E-state index in [1.807, 2.05) is 6.07 Å². The van der Waals surface area contributed by atoms with Crippen molar-refractivity contribution in [2.75, 3.05) is 0 Å². The lowest BCUT2D eigenvalue weighted by molar-refractivity contribution is -0.0690. The maximum atomic E-state index is 11.6. The van der Waals surface area contributed by atoms with Gasteiger partial charge in [-0.3, -0.25) is 0 Å². The summed E-state index contributed by atoms with van der Waals surface area (Å²) in [5.74, 6) is -0.479. The Balaban J connectivity index is 2.26. The van der Waals surface area contributed by atoms with Crippen LogP contribution in [-0.2, 0) is 4.74 Å². The van der Waals surface area contributed by atoms with E-state index >= 15 is 0 Å². The van der Waals surface area contributed by atoms with Crippen molar-refractivity contribution in [3.63, 3.8) is 0 Å². The van der Waals surface area contributed by atoms with Crippen molar-refractivity contribution in [1.82, 2.24) is 0 Å². The summed E-state index contributed by atoms with van der Waals surface area (Å²) in [5.41, 5.74) is 0.461. The second kappa shape index (κ2) is 8.48. The molecular formula is C15H20O3. The van der Waals surface area contributed by atoms with Gasteiger partial charge in [0.1, 0.15) is 0 Å². The molecule has 98 valence electrons. The van der Waals surface area contributed by atoms with Gasteiger partial charge in [-0.05, 0) is 31.4 Å². The number of carbonyl (C=O) groups excluding carboxylic acids is 1. The second-order valence-corrected chi connectivity index (χ2v) is 4.04. The topological polar surface area (TPSA) is 46.5 Å². The molecule has 0 spiro atoms. The molecule has 0 aliphatic rings. The van der Waals surface area contributed by atoms with Crippen LogP contribution in [-0.4, -0.2) is 17.4 Å². The van der Waals surface area contributed by atoms with Crippen LogP contribution >= 0.6 is 0 Å². The predicted molar refractivity (Wildman–Crippen MR) is 71.1 cm³/mol. The minimum Gasteiger partial charge on any atom is -0.432 e. The highest BCUT2D eigenvalue weighted by Crippen LogP contribution is 2.07. The van der Waals surface area contributed by atoms with Crippen molar-refractivity contribution in [1.29, 1.82) is 0 Å². The molecule has 0 bridgehead atoms. The average molecular weight is 248 g/mol. The summed E-state index contributed by atoms with van der Waals surface area (Å²) in [6.07, 6.45) is 6.33. The Morgan fingerprint density at radius 3 is 2.72 bits per heavy atom. The summed E-state index contributed by atoms with van der Waals surface area (Å²) < 4.78 is 4.94. The molecule has 1 rings (SSSR count). The number of carbonyl (C=O) groups is 1. The van der Waals surface area contributed by atoms with Crippen LogP contribution in [0.25, 0.3) is 0 Å². The quantitative estimate of drug-likeness (QED) is 0.348. The van der Waals surface area contributed by atoms with Crippen LogP contribution in [0.15, 0.2) is 42.5 Å². The van der Waals surface area contributed by atoms with E-state index in [1.54, 1.807) is 24.3 Å². The summed E-state index contributed by atoms with van der Waals surface area (Å²) >= 11 is 0. The van der Waals surface area contributed by atoms with Crippen LogP contribution in [0.5, 0.6) is 0 Å². The van der Waals surface area contributed by atoms with Gasteiger partial charge >= 0.3 is 5.97 Å². The first-order valence-electron chi connectivity index (χ1n) is 6.33. The molecular weight excluding hydrogens is 228 g/mol. The number of ether oxygens (including phenoxy) is 1. The minimum atomic E-state index is -1.02. The fraction of sp³-hybridized carbons (Fsp3) is 0.400. The van der Waals surface area contributed by atoms with E-state index in [4.69, 9.17) is 4.74 Å². The molecule has 1 unspecified atom stereocenters. The number of hydrogen-bond donors (Lipinski definition) is 1. The van der Waals surface area contributed by atoms with Gasteiger partial charge in [-0.1, -0.05) is 37.3 Å². The van der Waals surface area contributed by atoms with Crippen LogP contribution in [0.4, 0.5) is 0 Å². The molecule has 0 heterocycles. The van der Waals surface area contributed by atoms with Gasteiger partial charge in [0.05, 0.1) is 5.56 Å². The largest absolute Gasteiger partial charge is 0.432 e. The number of benzene rings is 1. The summed E-state index contributed by atoms with van der Waals surface area (Å²) in [5, 5.41) is 9.57. The van der Waals surface area contributed by atoms with E-state index in [9.17, 15) is 9.90 Å². The van der Waals surface area contributed by atoms with Crippen molar-refractivity contribution >= 4 is 5.97 Å². The van der Waals surface area contributed by atoms with E-state index in [1.165, 1.54) is 0 Å². The smallest absolute Gasteiger partial charge is 0.340 e. The summed E-state index contributed by atoms with van der Waals surface area (Å²) in [7, 11) is 0. The molecule has 0 saturated carbocycles. The monoisotopic (exact) mass is 248 g/mol. The van der Waals surface area contributed by atoms with E-state index in [0.717, 1.165) is 19.3 Å². The maximum absolute atomic E-state index is 11.6. The van der Waals surface area contributed by atoms with Gasteiger partial charge in [-0.2, -0.15) is 0 Å². The van der Waals surface area contributed by atoms with Crippen molar-refractivity contribution in [3.05, 3.63) is 48.0 Å². The lowest BCUT2D eigenvalue weighted by atomic mass is 10.2. The molecule has 1 N–H and O–H groups in total.